The van der Waals surface area contributed by atoms with E-state index in [9.17, 15) is 4.79 Å². The molecule has 3 N–H and O–H groups in total. The molecule has 0 aliphatic carbocycles. The van der Waals surface area contributed by atoms with Gasteiger partial charge in [-0.1, -0.05) is 36.4 Å². The number of esters is 1. The molecule has 0 amide bonds. The highest BCUT2D eigenvalue weighted by molar-refractivity contribution is 5.95. The quantitative estimate of drug-likeness (QED) is 0.475. The van der Waals surface area contributed by atoms with Gasteiger partial charge in [0.1, 0.15) is 5.84 Å². The molecule has 0 saturated carbocycles. The molecule has 3 rings (SSSR count). The van der Waals surface area contributed by atoms with Crippen LogP contribution in [0.5, 0.6) is 0 Å². The van der Waals surface area contributed by atoms with Crippen molar-refractivity contribution in [1.82, 2.24) is 4.90 Å². The number of nitrogen functional groups attached to an aromatic ring is 1. The van der Waals surface area contributed by atoms with Gasteiger partial charge >= 0.3 is 5.97 Å². The summed E-state index contributed by atoms with van der Waals surface area (Å²) < 4.78 is 4.68. The molecule has 1 heterocycles. The number of amidine groups is 1. The lowest BCUT2D eigenvalue weighted by Crippen LogP contribution is -2.27. The second-order valence-corrected chi connectivity index (χ2v) is 6.09. The molecule has 134 valence electrons. The first-order valence-electron chi connectivity index (χ1n) is 8.37. The number of carbonyl (C=O) groups excluding carboxylic acids is 1. The summed E-state index contributed by atoms with van der Waals surface area (Å²) in [4.78, 5) is 15.4. The van der Waals surface area contributed by atoms with E-state index in [-0.39, 0.29) is 11.8 Å². The molecule has 6 heteroatoms. The van der Waals surface area contributed by atoms with E-state index < -0.39 is 0 Å². The fraction of sp³-hybridized carbons (Fsp3) is 0.200. The first-order valence-corrected chi connectivity index (χ1v) is 8.37. The van der Waals surface area contributed by atoms with Crippen LogP contribution in [-0.4, -0.2) is 37.0 Å². The van der Waals surface area contributed by atoms with Gasteiger partial charge in [0.15, 0.2) is 0 Å². The van der Waals surface area contributed by atoms with Crippen LogP contribution in [-0.2, 0) is 9.53 Å². The number of ether oxygens (including phenoxy) is 1. The van der Waals surface area contributed by atoms with Crippen LogP contribution >= 0.6 is 0 Å². The molecular formula is C20H22N4O2. The zero-order valence-electron chi connectivity index (χ0n) is 14.7. The molecule has 0 radical (unpaired) electrons. The molecule has 2 aromatic carbocycles. The van der Waals surface area contributed by atoms with Crippen molar-refractivity contribution in [3.63, 3.8) is 0 Å². The fourth-order valence-corrected chi connectivity index (χ4v) is 2.80. The Morgan fingerprint density at radius 1 is 1.08 bits per heavy atom. The molecule has 0 fully saturated rings. The normalized spacial score (nSPS) is 13.1. The summed E-state index contributed by atoms with van der Waals surface area (Å²) in [7, 11) is 1.41. The highest BCUT2D eigenvalue weighted by Gasteiger charge is 2.15. The van der Waals surface area contributed by atoms with E-state index in [4.69, 9.17) is 11.1 Å². The van der Waals surface area contributed by atoms with Gasteiger partial charge in [-0.15, -0.1) is 0 Å². The molecule has 6 nitrogen and oxygen atoms in total. The van der Waals surface area contributed by atoms with Crippen molar-refractivity contribution in [3.05, 3.63) is 66.5 Å². The number of carbonyl (C=O) groups is 1. The smallest absolute Gasteiger partial charge is 0.307 e. The van der Waals surface area contributed by atoms with Gasteiger partial charge < -0.3 is 20.3 Å². The summed E-state index contributed by atoms with van der Waals surface area (Å²) >= 11 is 0. The van der Waals surface area contributed by atoms with E-state index in [1.807, 2.05) is 36.7 Å². The molecule has 0 saturated heterocycles. The minimum absolute atomic E-state index is 0.0736. The maximum absolute atomic E-state index is 11.2. The minimum Gasteiger partial charge on any atom is -0.469 e. The van der Waals surface area contributed by atoms with Gasteiger partial charge in [0.2, 0.25) is 0 Å². The maximum atomic E-state index is 11.2. The summed E-state index contributed by atoms with van der Waals surface area (Å²) in [5.74, 6) is -0.124. The molecular weight excluding hydrogens is 328 g/mol. The third kappa shape index (κ3) is 4.03. The Morgan fingerprint density at radius 3 is 2.27 bits per heavy atom. The van der Waals surface area contributed by atoms with Crippen LogP contribution in [0.2, 0.25) is 0 Å². The summed E-state index contributed by atoms with van der Waals surface area (Å²) in [5, 5.41) is 7.45. The van der Waals surface area contributed by atoms with E-state index >= 15 is 0 Å². The first kappa shape index (κ1) is 17.5. The molecule has 0 atom stereocenters. The molecule has 26 heavy (non-hydrogen) atoms. The molecule has 1 aliphatic rings. The Bertz CT molecular complexity index is 813. The highest BCUT2D eigenvalue weighted by Crippen LogP contribution is 2.25. The average Bonchev–Trinajstić information content (AvgIpc) is 3.15. The van der Waals surface area contributed by atoms with Crippen LogP contribution in [0.3, 0.4) is 0 Å². The summed E-state index contributed by atoms with van der Waals surface area (Å²) in [6.45, 7) is 1.35. The number of nitrogens with zero attached hydrogens (tertiary/aromatic N) is 2. The van der Waals surface area contributed by atoms with Gasteiger partial charge in [-0.05, 0) is 23.3 Å². The number of hydrogen-bond acceptors (Lipinski definition) is 5. The predicted octanol–water partition coefficient (Wildman–Crippen LogP) is 2.75. The monoisotopic (exact) mass is 350 g/mol. The van der Waals surface area contributed by atoms with E-state index in [0.29, 0.717) is 19.6 Å². The second kappa shape index (κ2) is 7.74. The zero-order chi connectivity index (χ0) is 18.5. The molecule has 0 unspecified atom stereocenters. The van der Waals surface area contributed by atoms with Crippen LogP contribution in [0.15, 0.2) is 60.9 Å². The number of nitrogens with two attached hydrogens (primary N) is 1. The van der Waals surface area contributed by atoms with Crippen LogP contribution < -0.4 is 10.6 Å². The van der Waals surface area contributed by atoms with Crippen molar-refractivity contribution < 1.29 is 9.53 Å². The standard InChI is InChI=1S/C20H22N4O2/c1-26-19(25)10-11-23-12-13-24(14-23)18-8-6-16(7-9-18)15-2-4-17(5-3-15)20(21)22/h2-9,12-13H,10-11,14H2,1H3,(H3,21,22). The van der Waals surface area contributed by atoms with Crippen LogP contribution in [0.25, 0.3) is 11.1 Å². The Hall–Kier alpha value is -3.28. The van der Waals surface area contributed by atoms with Crippen molar-refractivity contribution in [3.8, 4) is 11.1 Å². The van der Waals surface area contributed by atoms with Crippen LogP contribution in [0.1, 0.15) is 12.0 Å². The number of benzene rings is 2. The topological polar surface area (TPSA) is 82.7 Å². The van der Waals surface area contributed by atoms with Crippen molar-refractivity contribution in [2.75, 3.05) is 25.2 Å². The van der Waals surface area contributed by atoms with Crippen LogP contribution in [0.4, 0.5) is 5.69 Å². The zero-order valence-corrected chi connectivity index (χ0v) is 14.7. The predicted molar refractivity (Wildman–Crippen MR) is 103 cm³/mol. The number of rotatable bonds is 6. The number of nitrogens with one attached hydrogen (secondary N) is 1. The number of methoxy groups -OCH3 is 1. The SMILES string of the molecule is COC(=O)CCN1C=CN(c2ccc(-c3ccc(C(=N)N)cc3)cc2)C1. The van der Waals surface area contributed by atoms with Crippen molar-refractivity contribution in [2.45, 2.75) is 6.42 Å². The average molecular weight is 350 g/mol. The highest BCUT2D eigenvalue weighted by atomic mass is 16.5. The Balaban J connectivity index is 1.62. The van der Waals surface area contributed by atoms with Crippen LogP contribution in [0, 0.1) is 5.41 Å². The Labute approximate surface area is 153 Å². The number of anilines is 1. The van der Waals surface area contributed by atoms with Gasteiger partial charge in [0.25, 0.3) is 0 Å². The molecule has 0 aromatic heterocycles. The Kier molecular flexibility index (Phi) is 5.22. The van der Waals surface area contributed by atoms with Crippen molar-refractivity contribution in [1.29, 1.82) is 5.41 Å². The lowest BCUT2D eigenvalue weighted by Gasteiger charge is -2.21. The van der Waals surface area contributed by atoms with Crippen molar-refractivity contribution in [2.24, 2.45) is 5.73 Å². The van der Waals surface area contributed by atoms with Gasteiger partial charge in [0.05, 0.1) is 20.2 Å². The lowest BCUT2D eigenvalue weighted by molar-refractivity contribution is -0.140. The van der Waals surface area contributed by atoms with E-state index in [1.165, 1.54) is 7.11 Å². The Morgan fingerprint density at radius 2 is 1.69 bits per heavy atom. The van der Waals surface area contributed by atoms with Crippen molar-refractivity contribution >= 4 is 17.5 Å². The fourth-order valence-electron chi connectivity index (χ4n) is 2.80. The largest absolute Gasteiger partial charge is 0.469 e. The molecule has 2 aromatic rings. The third-order valence-electron chi connectivity index (χ3n) is 4.35. The second-order valence-electron chi connectivity index (χ2n) is 6.09. The van der Waals surface area contributed by atoms with E-state index in [2.05, 4.69) is 38.8 Å². The third-order valence-corrected chi connectivity index (χ3v) is 4.35. The van der Waals surface area contributed by atoms with Gasteiger partial charge in [-0.3, -0.25) is 10.2 Å². The first-order chi connectivity index (χ1) is 12.6. The van der Waals surface area contributed by atoms with Gasteiger partial charge in [0, 0.05) is 30.2 Å². The molecule has 0 spiro atoms. The number of hydrogen-bond donors (Lipinski definition) is 2. The maximum Gasteiger partial charge on any atom is 0.307 e. The lowest BCUT2D eigenvalue weighted by atomic mass is 10.0. The van der Waals surface area contributed by atoms with Gasteiger partial charge in [-0.25, -0.2) is 0 Å². The summed E-state index contributed by atoms with van der Waals surface area (Å²) in [5.41, 5.74) is 9.49. The minimum atomic E-state index is -0.197. The summed E-state index contributed by atoms with van der Waals surface area (Å²) in [6.07, 6.45) is 4.37. The summed E-state index contributed by atoms with van der Waals surface area (Å²) in [6, 6.07) is 15.9. The van der Waals surface area contributed by atoms with Gasteiger partial charge in [-0.2, -0.15) is 0 Å². The molecule has 1 aliphatic heterocycles. The molecule has 0 bridgehead atoms. The van der Waals surface area contributed by atoms with E-state index in [0.717, 1.165) is 22.4 Å². The van der Waals surface area contributed by atoms with E-state index in [1.54, 1.807) is 0 Å².